The molecule has 2 bridgehead atoms. The van der Waals surface area contributed by atoms with Crippen molar-refractivity contribution in [2.45, 2.75) is 71.4 Å². The minimum atomic E-state index is -0.935. The average molecular weight is 602 g/mol. The molecule has 0 spiro atoms. The minimum absolute atomic E-state index is 0.0544. The number of aliphatic hydroxyl groups excluding tert-OH is 1. The third-order valence-electron chi connectivity index (χ3n) is 7.53. The molecule has 1 aliphatic heterocycles. The number of allylic oxidation sites excluding steroid dienone is 2. The number of ether oxygens (including phenoxy) is 3. The Kier molecular flexibility index (Phi) is 13.8. The first kappa shape index (κ1) is 35.4. The maximum Gasteiger partial charge on any atom is 0.405 e. The van der Waals surface area contributed by atoms with Crippen molar-refractivity contribution in [3.63, 3.8) is 0 Å². The zero-order chi connectivity index (χ0) is 32.3. The Hall–Kier alpha value is -3.80. The summed E-state index contributed by atoms with van der Waals surface area (Å²) in [6.45, 7) is 11.2. The molecule has 0 aliphatic carbocycles. The fourth-order valence-electron chi connectivity index (χ4n) is 5.09. The van der Waals surface area contributed by atoms with E-state index in [1.165, 1.54) is 20.3 Å². The number of aliphatic hydroxyl groups is 1. The molecule has 2 amide bonds. The van der Waals surface area contributed by atoms with Gasteiger partial charge in [0, 0.05) is 50.3 Å². The number of anilines is 2. The highest BCUT2D eigenvalue weighted by atomic mass is 16.6. The van der Waals surface area contributed by atoms with Crippen LogP contribution in [0, 0.1) is 11.8 Å². The van der Waals surface area contributed by atoms with Crippen molar-refractivity contribution in [3.8, 4) is 11.5 Å². The number of methoxy groups -OCH3 is 2. The standard InChI is InChI=1S/C32H47N3O8/c1-8-12-34-28-23-13-18(2)14-27(42-7)29(37)21(5)15-20(4)26(43-32(33)40)16-22(41-6)11-9-10-19(3)31(39)35-24(30(23)38)17-25(28)36/h8-11,15,17-18,21-22,26-27,29,34,36-38H,1,12-14,16H2,2-7H3,(H2,33,40)(H,35,39)/b11-9-,19-10+,20-15+/t18-,21+,22+,26-,27+,29-/m1/s1. The van der Waals surface area contributed by atoms with Gasteiger partial charge in [-0.15, -0.1) is 6.58 Å². The van der Waals surface area contributed by atoms with Crippen molar-refractivity contribution in [1.29, 1.82) is 0 Å². The third kappa shape index (κ3) is 10.2. The van der Waals surface area contributed by atoms with Gasteiger partial charge in [-0.2, -0.15) is 0 Å². The lowest BCUT2D eigenvalue weighted by Gasteiger charge is -2.29. The van der Waals surface area contributed by atoms with Crippen molar-refractivity contribution in [1.82, 2.24) is 0 Å². The van der Waals surface area contributed by atoms with Gasteiger partial charge in [0.1, 0.15) is 17.6 Å². The molecule has 0 saturated heterocycles. The molecule has 11 heteroatoms. The van der Waals surface area contributed by atoms with Crippen LogP contribution in [-0.4, -0.2) is 72.5 Å². The second-order valence-electron chi connectivity index (χ2n) is 11.0. The van der Waals surface area contributed by atoms with E-state index in [1.807, 2.05) is 19.9 Å². The van der Waals surface area contributed by atoms with Gasteiger partial charge in [-0.05, 0) is 38.2 Å². The molecule has 238 valence electrons. The summed E-state index contributed by atoms with van der Waals surface area (Å²) >= 11 is 0. The maximum absolute atomic E-state index is 13.0. The summed E-state index contributed by atoms with van der Waals surface area (Å²) in [6.07, 6.45) is 5.67. The predicted octanol–water partition coefficient (Wildman–Crippen LogP) is 4.55. The Bertz CT molecular complexity index is 1230. The van der Waals surface area contributed by atoms with Gasteiger partial charge in [0.2, 0.25) is 0 Å². The van der Waals surface area contributed by atoms with Gasteiger partial charge in [-0.3, -0.25) is 4.79 Å². The number of amides is 2. The van der Waals surface area contributed by atoms with Crippen LogP contribution in [0.25, 0.3) is 0 Å². The molecule has 1 aliphatic rings. The Balaban J connectivity index is 2.63. The minimum Gasteiger partial charge on any atom is -0.506 e. The molecule has 0 saturated carbocycles. The van der Waals surface area contributed by atoms with E-state index in [4.69, 9.17) is 19.9 Å². The summed E-state index contributed by atoms with van der Waals surface area (Å²) in [5.41, 5.74) is 7.15. The van der Waals surface area contributed by atoms with Crippen molar-refractivity contribution < 1.29 is 39.1 Å². The van der Waals surface area contributed by atoms with E-state index in [2.05, 4.69) is 17.2 Å². The van der Waals surface area contributed by atoms with Crippen LogP contribution in [0.5, 0.6) is 11.5 Å². The molecule has 7 N–H and O–H groups in total. The number of primary amides is 1. The van der Waals surface area contributed by atoms with Crippen LogP contribution in [0.3, 0.4) is 0 Å². The van der Waals surface area contributed by atoms with Crippen LogP contribution in [0.1, 0.15) is 46.1 Å². The monoisotopic (exact) mass is 601 g/mol. The van der Waals surface area contributed by atoms with Crippen LogP contribution < -0.4 is 16.4 Å². The van der Waals surface area contributed by atoms with E-state index in [0.29, 0.717) is 41.8 Å². The number of nitrogens with one attached hydrogen (secondary N) is 2. The molecule has 0 unspecified atom stereocenters. The molecule has 1 aromatic rings. The first-order valence-corrected chi connectivity index (χ1v) is 14.3. The number of carbonyl (C=O) groups excluding carboxylic acids is 2. The summed E-state index contributed by atoms with van der Waals surface area (Å²) in [7, 11) is 3.03. The Morgan fingerprint density at radius 3 is 2.51 bits per heavy atom. The lowest BCUT2D eigenvalue weighted by atomic mass is 9.87. The van der Waals surface area contributed by atoms with E-state index < -0.39 is 36.4 Å². The van der Waals surface area contributed by atoms with Crippen LogP contribution in [0.15, 0.2) is 54.2 Å². The predicted molar refractivity (Wildman–Crippen MR) is 167 cm³/mol. The largest absolute Gasteiger partial charge is 0.506 e. The first-order valence-electron chi connectivity index (χ1n) is 14.3. The number of carbonyl (C=O) groups is 2. The summed E-state index contributed by atoms with van der Waals surface area (Å²) in [6, 6.07) is 1.29. The highest BCUT2D eigenvalue weighted by molar-refractivity contribution is 6.04. The molecule has 43 heavy (non-hydrogen) atoms. The number of benzene rings is 1. The van der Waals surface area contributed by atoms with E-state index >= 15 is 0 Å². The van der Waals surface area contributed by atoms with Crippen molar-refractivity contribution in [2.24, 2.45) is 17.6 Å². The van der Waals surface area contributed by atoms with Crippen molar-refractivity contribution in [3.05, 3.63) is 59.7 Å². The topological polar surface area (TPSA) is 173 Å². The lowest BCUT2D eigenvalue weighted by molar-refractivity contribution is -0.112. The second kappa shape index (κ2) is 16.7. The number of phenolic OH excluding ortho intramolecular Hbond substituents is 2. The Morgan fingerprint density at radius 2 is 1.91 bits per heavy atom. The maximum atomic E-state index is 13.0. The van der Waals surface area contributed by atoms with E-state index in [1.54, 1.807) is 38.2 Å². The first-order chi connectivity index (χ1) is 20.3. The van der Waals surface area contributed by atoms with E-state index in [-0.39, 0.29) is 35.4 Å². The quantitative estimate of drug-likeness (QED) is 0.155. The van der Waals surface area contributed by atoms with Crippen LogP contribution in [-0.2, 0) is 25.4 Å². The summed E-state index contributed by atoms with van der Waals surface area (Å²) < 4.78 is 16.6. The zero-order valence-electron chi connectivity index (χ0n) is 25.9. The molecule has 0 radical (unpaired) electrons. The number of rotatable bonds is 6. The van der Waals surface area contributed by atoms with Gasteiger partial charge >= 0.3 is 6.09 Å². The van der Waals surface area contributed by atoms with Crippen molar-refractivity contribution in [2.75, 3.05) is 31.4 Å². The van der Waals surface area contributed by atoms with Gasteiger partial charge in [0.05, 0.1) is 29.7 Å². The second-order valence-corrected chi connectivity index (χ2v) is 11.0. The Labute approximate surface area is 254 Å². The number of fused-ring (bicyclic) bond motifs is 2. The van der Waals surface area contributed by atoms with Gasteiger partial charge in [-0.25, -0.2) is 4.79 Å². The average Bonchev–Trinajstić information content (AvgIpc) is 2.95. The van der Waals surface area contributed by atoms with Gasteiger partial charge in [0.25, 0.3) is 5.91 Å². The molecule has 2 rings (SSSR count). The number of hydrogen-bond acceptors (Lipinski definition) is 9. The fraction of sp³-hybridized carbons (Fsp3) is 0.500. The molecule has 6 atom stereocenters. The van der Waals surface area contributed by atoms with Crippen LogP contribution in [0.2, 0.25) is 0 Å². The summed E-state index contributed by atoms with van der Waals surface area (Å²) in [4.78, 5) is 24.7. The number of hydrogen-bond donors (Lipinski definition) is 6. The third-order valence-corrected chi connectivity index (χ3v) is 7.53. The van der Waals surface area contributed by atoms with Crippen LogP contribution in [0.4, 0.5) is 16.2 Å². The molecule has 1 aromatic carbocycles. The van der Waals surface area contributed by atoms with Gasteiger partial charge in [0.15, 0.2) is 0 Å². The molecule has 0 fully saturated rings. The number of aromatic hydroxyl groups is 2. The highest BCUT2D eigenvalue weighted by Crippen LogP contribution is 2.42. The van der Waals surface area contributed by atoms with Crippen molar-refractivity contribution >= 4 is 23.4 Å². The smallest absolute Gasteiger partial charge is 0.405 e. The molecular formula is C32H47N3O8. The lowest BCUT2D eigenvalue weighted by Crippen LogP contribution is -2.35. The molecule has 1 heterocycles. The summed E-state index contributed by atoms with van der Waals surface area (Å²) in [5, 5.41) is 39.1. The highest BCUT2D eigenvalue weighted by Gasteiger charge is 2.29. The van der Waals surface area contributed by atoms with E-state index in [0.717, 1.165) is 0 Å². The summed E-state index contributed by atoms with van der Waals surface area (Å²) in [5.74, 6) is -1.33. The van der Waals surface area contributed by atoms with Gasteiger partial charge < -0.3 is 45.9 Å². The number of phenols is 2. The molecule has 11 nitrogen and oxygen atoms in total. The fourth-order valence-corrected chi connectivity index (χ4v) is 5.09. The van der Waals surface area contributed by atoms with Gasteiger partial charge in [-0.1, -0.05) is 44.2 Å². The normalized spacial score (nSPS) is 29.1. The molecule has 0 aromatic heterocycles. The zero-order valence-corrected chi connectivity index (χ0v) is 25.9. The van der Waals surface area contributed by atoms with Crippen LogP contribution >= 0.6 is 0 Å². The number of nitrogens with two attached hydrogens (primary N) is 1. The van der Waals surface area contributed by atoms with E-state index in [9.17, 15) is 24.9 Å². The SMILES string of the molecule is C=CCNc1c(O)cc2c(O)c1C[C@@H](C)C[C@H](OC)[C@H](O)[C@@H](C)/C=C(\C)[C@H](OC(N)=O)C[C@@H](OC)/C=C\C=C(/C)C(=O)N2. The molecular weight excluding hydrogens is 554 g/mol. The Morgan fingerprint density at radius 1 is 1.21 bits per heavy atom.